The Morgan fingerprint density at radius 2 is 1.91 bits per heavy atom. The van der Waals surface area contributed by atoms with Gasteiger partial charge in [-0.15, -0.1) is 0 Å². The van der Waals surface area contributed by atoms with Gasteiger partial charge in [0.05, 0.1) is 12.0 Å². The summed E-state index contributed by atoms with van der Waals surface area (Å²) in [6.45, 7) is 3.94. The van der Waals surface area contributed by atoms with Crippen molar-refractivity contribution in [1.82, 2.24) is 4.90 Å². The van der Waals surface area contributed by atoms with E-state index in [2.05, 4.69) is 0 Å². The predicted octanol–water partition coefficient (Wildman–Crippen LogP) is 3.16. The first-order chi connectivity index (χ1) is 10.9. The molecular weight excluding hydrogens is 297 g/mol. The number of rotatable bonds is 2. The van der Waals surface area contributed by atoms with E-state index in [1.807, 2.05) is 18.7 Å². The smallest absolute Gasteiger partial charge is 0.306 e. The molecule has 1 saturated carbocycles. The molecule has 1 aliphatic heterocycles. The molecule has 0 saturated heterocycles. The first-order valence-corrected chi connectivity index (χ1v) is 8.21. The van der Waals surface area contributed by atoms with Crippen LogP contribution in [0.15, 0.2) is 18.2 Å². The zero-order valence-electron chi connectivity index (χ0n) is 13.5. The molecular formula is C18H22FNO3. The van der Waals surface area contributed by atoms with Crippen LogP contribution in [-0.4, -0.2) is 27.9 Å². The van der Waals surface area contributed by atoms with Gasteiger partial charge < -0.3 is 10.0 Å². The summed E-state index contributed by atoms with van der Waals surface area (Å²) >= 11 is 0. The number of carboxylic acid groups (broad SMARTS) is 1. The van der Waals surface area contributed by atoms with Crippen LogP contribution in [0.2, 0.25) is 0 Å². The average molecular weight is 319 g/mol. The molecule has 0 bridgehead atoms. The molecule has 1 aromatic rings. The van der Waals surface area contributed by atoms with E-state index < -0.39 is 11.9 Å². The topological polar surface area (TPSA) is 57.6 Å². The van der Waals surface area contributed by atoms with Gasteiger partial charge in [-0.05, 0) is 62.8 Å². The molecule has 0 radical (unpaired) electrons. The lowest BCUT2D eigenvalue weighted by Gasteiger charge is -2.41. The zero-order chi connectivity index (χ0) is 16.7. The largest absolute Gasteiger partial charge is 0.481 e. The molecule has 1 heterocycles. The van der Waals surface area contributed by atoms with Gasteiger partial charge in [0, 0.05) is 12.0 Å². The van der Waals surface area contributed by atoms with Gasteiger partial charge in [0.2, 0.25) is 5.91 Å². The Balaban J connectivity index is 1.81. The summed E-state index contributed by atoms with van der Waals surface area (Å²) in [6.07, 6.45) is 2.28. The van der Waals surface area contributed by atoms with Gasteiger partial charge in [0.1, 0.15) is 5.82 Å². The van der Waals surface area contributed by atoms with Crippen molar-refractivity contribution in [2.24, 2.45) is 11.8 Å². The van der Waals surface area contributed by atoms with Crippen LogP contribution in [0.3, 0.4) is 0 Å². The van der Waals surface area contributed by atoms with Crippen molar-refractivity contribution in [2.45, 2.75) is 51.6 Å². The summed E-state index contributed by atoms with van der Waals surface area (Å²) in [5, 5.41) is 9.12. The Labute approximate surface area is 135 Å². The van der Waals surface area contributed by atoms with Gasteiger partial charge in [-0.3, -0.25) is 9.59 Å². The number of hydrogen-bond acceptors (Lipinski definition) is 2. The highest BCUT2D eigenvalue weighted by Crippen LogP contribution is 2.38. The second-order valence-corrected chi connectivity index (χ2v) is 6.86. The molecule has 3 rings (SSSR count). The highest BCUT2D eigenvalue weighted by Gasteiger charge is 2.40. The van der Waals surface area contributed by atoms with Crippen LogP contribution in [0.1, 0.15) is 50.3 Å². The van der Waals surface area contributed by atoms with Crippen molar-refractivity contribution in [3.05, 3.63) is 35.1 Å². The van der Waals surface area contributed by atoms with E-state index in [4.69, 9.17) is 5.11 Å². The van der Waals surface area contributed by atoms with Crippen LogP contribution < -0.4 is 0 Å². The summed E-state index contributed by atoms with van der Waals surface area (Å²) in [4.78, 5) is 25.9. The molecule has 124 valence electrons. The molecule has 1 fully saturated rings. The molecule has 2 unspecified atom stereocenters. The summed E-state index contributed by atoms with van der Waals surface area (Å²) < 4.78 is 13.4. The van der Waals surface area contributed by atoms with Gasteiger partial charge in [-0.25, -0.2) is 4.39 Å². The van der Waals surface area contributed by atoms with E-state index >= 15 is 0 Å². The van der Waals surface area contributed by atoms with Crippen molar-refractivity contribution >= 4 is 11.9 Å². The molecule has 1 aromatic carbocycles. The van der Waals surface area contributed by atoms with Gasteiger partial charge in [-0.1, -0.05) is 6.07 Å². The molecule has 1 aliphatic carbocycles. The third-order valence-electron chi connectivity index (χ3n) is 5.35. The van der Waals surface area contributed by atoms with Crippen LogP contribution in [0.5, 0.6) is 0 Å². The minimum Gasteiger partial charge on any atom is -0.481 e. The number of fused-ring (bicyclic) bond motifs is 1. The lowest BCUT2D eigenvalue weighted by atomic mass is 9.88. The third kappa shape index (κ3) is 2.84. The maximum atomic E-state index is 13.4. The standard InChI is InChI=1S/C18H22FNO3/c1-10-7-14-9-15(19)5-6-16(14)11(2)20(10)17(21)12-3-4-13(8-12)18(22)23/h5-6,9-13H,3-4,7-8H2,1-2H3,(H,22,23)/t10?,11?,12-,13+/m1/s1. The Morgan fingerprint density at radius 3 is 2.57 bits per heavy atom. The Bertz CT molecular complexity index is 645. The third-order valence-corrected chi connectivity index (χ3v) is 5.35. The molecule has 5 heteroatoms. The second-order valence-electron chi connectivity index (χ2n) is 6.86. The first-order valence-electron chi connectivity index (χ1n) is 8.21. The summed E-state index contributed by atoms with van der Waals surface area (Å²) in [6, 6.07) is 4.64. The number of hydrogen-bond donors (Lipinski definition) is 1. The Kier molecular flexibility index (Phi) is 4.13. The van der Waals surface area contributed by atoms with Crippen LogP contribution >= 0.6 is 0 Å². The fourth-order valence-corrected chi connectivity index (χ4v) is 4.16. The van der Waals surface area contributed by atoms with E-state index in [0.29, 0.717) is 25.7 Å². The van der Waals surface area contributed by atoms with Crippen LogP contribution in [-0.2, 0) is 16.0 Å². The average Bonchev–Trinajstić information content (AvgIpc) is 2.96. The van der Waals surface area contributed by atoms with Crippen molar-refractivity contribution in [3.63, 3.8) is 0 Å². The quantitative estimate of drug-likeness (QED) is 0.911. The number of carbonyl (C=O) groups excluding carboxylic acids is 1. The maximum Gasteiger partial charge on any atom is 0.306 e. The molecule has 4 nitrogen and oxygen atoms in total. The fraction of sp³-hybridized carbons (Fsp3) is 0.556. The van der Waals surface area contributed by atoms with Gasteiger partial charge in [0.25, 0.3) is 0 Å². The molecule has 2 aliphatic rings. The number of carboxylic acids is 1. The van der Waals surface area contributed by atoms with Crippen LogP contribution in [0, 0.1) is 17.7 Å². The Morgan fingerprint density at radius 1 is 1.22 bits per heavy atom. The molecule has 1 N–H and O–H groups in total. The number of carbonyl (C=O) groups is 2. The predicted molar refractivity (Wildman–Crippen MR) is 83.3 cm³/mol. The van der Waals surface area contributed by atoms with Crippen molar-refractivity contribution in [1.29, 1.82) is 0 Å². The lowest BCUT2D eigenvalue weighted by molar-refractivity contribution is -0.142. The molecule has 23 heavy (non-hydrogen) atoms. The minimum atomic E-state index is -0.805. The van der Waals surface area contributed by atoms with E-state index in [-0.39, 0.29) is 29.7 Å². The lowest BCUT2D eigenvalue weighted by Crippen LogP contribution is -2.47. The number of aliphatic carboxylic acids is 1. The van der Waals surface area contributed by atoms with Gasteiger partial charge in [-0.2, -0.15) is 0 Å². The van der Waals surface area contributed by atoms with Gasteiger partial charge >= 0.3 is 5.97 Å². The van der Waals surface area contributed by atoms with Crippen molar-refractivity contribution < 1.29 is 19.1 Å². The van der Waals surface area contributed by atoms with E-state index in [1.165, 1.54) is 6.07 Å². The van der Waals surface area contributed by atoms with E-state index in [9.17, 15) is 14.0 Å². The summed E-state index contributed by atoms with van der Waals surface area (Å²) in [5.41, 5.74) is 1.95. The summed E-state index contributed by atoms with van der Waals surface area (Å²) in [7, 11) is 0. The number of amides is 1. The molecule has 4 atom stereocenters. The highest BCUT2D eigenvalue weighted by molar-refractivity contribution is 5.82. The number of benzene rings is 1. The van der Waals surface area contributed by atoms with Crippen molar-refractivity contribution in [3.8, 4) is 0 Å². The van der Waals surface area contributed by atoms with E-state index in [1.54, 1.807) is 12.1 Å². The number of halogens is 1. The number of nitrogens with zero attached hydrogens (tertiary/aromatic N) is 1. The minimum absolute atomic E-state index is 0.00400. The van der Waals surface area contributed by atoms with Crippen LogP contribution in [0.4, 0.5) is 4.39 Å². The summed E-state index contributed by atoms with van der Waals surface area (Å²) in [5.74, 6) is -1.61. The van der Waals surface area contributed by atoms with E-state index in [0.717, 1.165) is 11.1 Å². The van der Waals surface area contributed by atoms with Crippen LogP contribution in [0.25, 0.3) is 0 Å². The molecule has 0 spiro atoms. The Hall–Kier alpha value is -1.91. The maximum absolute atomic E-state index is 13.4. The molecule has 1 amide bonds. The normalized spacial score (nSPS) is 30.1. The monoisotopic (exact) mass is 319 g/mol. The van der Waals surface area contributed by atoms with Gasteiger partial charge in [0.15, 0.2) is 0 Å². The first kappa shape index (κ1) is 16.0. The fourth-order valence-electron chi connectivity index (χ4n) is 4.16. The zero-order valence-corrected chi connectivity index (χ0v) is 13.5. The molecule has 0 aromatic heterocycles. The SMILES string of the molecule is CC1Cc2cc(F)ccc2C(C)N1C(=O)[C@@H]1CC[C@H](C(=O)O)C1. The van der Waals surface area contributed by atoms with Crippen molar-refractivity contribution in [2.75, 3.05) is 0 Å². The highest BCUT2D eigenvalue weighted by atomic mass is 19.1. The second kappa shape index (κ2) is 5.95.